The molecule has 0 bridgehead atoms. The molecule has 0 saturated heterocycles. The van der Waals surface area contributed by atoms with Crippen LogP contribution in [0.5, 0.6) is 0 Å². The third-order valence-electron chi connectivity index (χ3n) is 2.96. The minimum absolute atomic E-state index is 0.0525. The van der Waals surface area contributed by atoms with Gasteiger partial charge in [-0.05, 0) is 38.5 Å². The standard InChI is InChI=1S/C16H25N3O2/c1-11(2)18-16(21)8-9-17-12(3)14-6-5-7-15(10-14)19-13(4)20/h5-7,10-12,17H,8-9H2,1-4H3,(H,18,21)(H,19,20). The van der Waals surface area contributed by atoms with Gasteiger partial charge in [0.15, 0.2) is 0 Å². The molecule has 0 fully saturated rings. The highest BCUT2D eigenvalue weighted by Crippen LogP contribution is 2.17. The minimum atomic E-state index is -0.0851. The number of anilines is 1. The number of nitrogens with one attached hydrogen (secondary N) is 3. The van der Waals surface area contributed by atoms with E-state index in [0.29, 0.717) is 13.0 Å². The zero-order chi connectivity index (χ0) is 15.8. The van der Waals surface area contributed by atoms with Crippen molar-refractivity contribution < 1.29 is 9.59 Å². The van der Waals surface area contributed by atoms with Crippen LogP contribution in [0.3, 0.4) is 0 Å². The van der Waals surface area contributed by atoms with Crippen LogP contribution < -0.4 is 16.0 Å². The maximum atomic E-state index is 11.5. The first-order valence-electron chi connectivity index (χ1n) is 7.28. The molecule has 116 valence electrons. The Morgan fingerprint density at radius 2 is 1.90 bits per heavy atom. The zero-order valence-electron chi connectivity index (χ0n) is 13.2. The van der Waals surface area contributed by atoms with Crippen molar-refractivity contribution in [1.29, 1.82) is 0 Å². The summed E-state index contributed by atoms with van der Waals surface area (Å²) in [5.74, 6) is -0.0326. The molecular weight excluding hydrogens is 266 g/mol. The van der Waals surface area contributed by atoms with E-state index in [1.54, 1.807) is 0 Å². The van der Waals surface area contributed by atoms with Crippen LogP contribution in [0.15, 0.2) is 24.3 Å². The number of amides is 2. The van der Waals surface area contributed by atoms with E-state index in [-0.39, 0.29) is 23.9 Å². The lowest BCUT2D eigenvalue weighted by atomic mass is 10.1. The lowest BCUT2D eigenvalue weighted by Crippen LogP contribution is -2.33. The first kappa shape index (κ1) is 17.2. The van der Waals surface area contributed by atoms with Crippen molar-refractivity contribution in [2.24, 2.45) is 0 Å². The maximum absolute atomic E-state index is 11.5. The number of carbonyl (C=O) groups is 2. The molecule has 21 heavy (non-hydrogen) atoms. The topological polar surface area (TPSA) is 70.2 Å². The molecule has 1 unspecified atom stereocenters. The van der Waals surface area contributed by atoms with Crippen LogP contribution in [0.4, 0.5) is 5.69 Å². The van der Waals surface area contributed by atoms with Gasteiger partial charge >= 0.3 is 0 Å². The van der Waals surface area contributed by atoms with Gasteiger partial charge in [-0.3, -0.25) is 9.59 Å². The van der Waals surface area contributed by atoms with E-state index in [1.165, 1.54) is 6.92 Å². The van der Waals surface area contributed by atoms with E-state index in [0.717, 1.165) is 11.3 Å². The summed E-state index contributed by atoms with van der Waals surface area (Å²) in [7, 11) is 0. The zero-order valence-corrected chi connectivity index (χ0v) is 13.2. The van der Waals surface area contributed by atoms with Crippen LogP contribution in [0, 0.1) is 0 Å². The normalized spacial score (nSPS) is 12.0. The van der Waals surface area contributed by atoms with E-state index in [2.05, 4.69) is 16.0 Å². The predicted octanol–water partition coefficient (Wildman–Crippen LogP) is 2.21. The third-order valence-corrected chi connectivity index (χ3v) is 2.96. The number of hydrogen-bond donors (Lipinski definition) is 3. The van der Waals surface area contributed by atoms with Crippen LogP contribution in [0.2, 0.25) is 0 Å². The number of hydrogen-bond acceptors (Lipinski definition) is 3. The second-order valence-corrected chi connectivity index (χ2v) is 5.45. The largest absolute Gasteiger partial charge is 0.354 e. The minimum Gasteiger partial charge on any atom is -0.354 e. The molecule has 0 aromatic heterocycles. The Balaban J connectivity index is 2.46. The fourth-order valence-electron chi connectivity index (χ4n) is 2.00. The van der Waals surface area contributed by atoms with Crippen molar-refractivity contribution in [3.8, 4) is 0 Å². The lowest BCUT2D eigenvalue weighted by Gasteiger charge is -2.16. The van der Waals surface area contributed by atoms with Gasteiger partial charge in [0, 0.05) is 37.7 Å². The van der Waals surface area contributed by atoms with Crippen LogP contribution >= 0.6 is 0 Å². The van der Waals surface area contributed by atoms with Crippen molar-refractivity contribution in [3.05, 3.63) is 29.8 Å². The smallest absolute Gasteiger partial charge is 0.221 e. The molecule has 1 aromatic rings. The van der Waals surface area contributed by atoms with Gasteiger partial charge in [-0.25, -0.2) is 0 Å². The van der Waals surface area contributed by atoms with Gasteiger partial charge in [-0.1, -0.05) is 12.1 Å². The molecule has 2 amide bonds. The van der Waals surface area contributed by atoms with Crippen LogP contribution in [0.1, 0.15) is 45.7 Å². The van der Waals surface area contributed by atoms with Crippen molar-refractivity contribution in [2.45, 2.75) is 46.2 Å². The SMILES string of the molecule is CC(=O)Nc1cccc(C(C)NCCC(=O)NC(C)C)c1. The van der Waals surface area contributed by atoms with Gasteiger partial charge in [0.2, 0.25) is 11.8 Å². The molecule has 0 radical (unpaired) electrons. The Kier molecular flexibility index (Phi) is 6.88. The molecule has 5 nitrogen and oxygen atoms in total. The average molecular weight is 291 g/mol. The van der Waals surface area contributed by atoms with Gasteiger partial charge in [0.05, 0.1) is 0 Å². The first-order valence-corrected chi connectivity index (χ1v) is 7.28. The van der Waals surface area contributed by atoms with Gasteiger partial charge < -0.3 is 16.0 Å². The quantitative estimate of drug-likeness (QED) is 0.721. The average Bonchev–Trinajstić information content (AvgIpc) is 2.37. The molecular formula is C16H25N3O2. The monoisotopic (exact) mass is 291 g/mol. The van der Waals surface area contributed by atoms with Gasteiger partial charge in [0.1, 0.15) is 0 Å². The van der Waals surface area contributed by atoms with Crippen LogP contribution in [-0.2, 0) is 9.59 Å². The van der Waals surface area contributed by atoms with E-state index < -0.39 is 0 Å². The first-order chi connectivity index (χ1) is 9.88. The van der Waals surface area contributed by atoms with Crippen molar-refractivity contribution in [3.63, 3.8) is 0 Å². The lowest BCUT2D eigenvalue weighted by molar-refractivity contribution is -0.121. The Hall–Kier alpha value is -1.88. The molecule has 0 spiro atoms. The molecule has 0 saturated carbocycles. The van der Waals surface area contributed by atoms with Crippen molar-refractivity contribution in [2.75, 3.05) is 11.9 Å². The number of rotatable bonds is 7. The molecule has 0 aliphatic rings. The summed E-state index contributed by atoms with van der Waals surface area (Å²) in [4.78, 5) is 22.6. The Morgan fingerprint density at radius 3 is 2.52 bits per heavy atom. The highest BCUT2D eigenvalue weighted by molar-refractivity contribution is 5.88. The highest BCUT2D eigenvalue weighted by atomic mass is 16.2. The van der Waals surface area contributed by atoms with Gasteiger partial charge in [-0.15, -0.1) is 0 Å². The molecule has 1 atom stereocenters. The highest BCUT2D eigenvalue weighted by Gasteiger charge is 2.08. The molecule has 0 aliphatic heterocycles. The number of carbonyl (C=O) groups excluding carboxylic acids is 2. The molecule has 3 N–H and O–H groups in total. The van der Waals surface area contributed by atoms with Crippen LogP contribution in [-0.4, -0.2) is 24.4 Å². The summed E-state index contributed by atoms with van der Waals surface area (Å²) in [5, 5.41) is 8.94. The maximum Gasteiger partial charge on any atom is 0.221 e. The van der Waals surface area contributed by atoms with E-state index in [9.17, 15) is 9.59 Å². The van der Waals surface area contributed by atoms with E-state index in [1.807, 2.05) is 45.0 Å². The Morgan fingerprint density at radius 1 is 1.19 bits per heavy atom. The molecule has 0 aliphatic carbocycles. The fourth-order valence-corrected chi connectivity index (χ4v) is 2.00. The molecule has 1 aromatic carbocycles. The summed E-state index contributed by atoms with van der Waals surface area (Å²) >= 11 is 0. The van der Waals surface area contributed by atoms with Crippen LogP contribution in [0.25, 0.3) is 0 Å². The third kappa shape index (κ3) is 6.90. The van der Waals surface area contributed by atoms with E-state index in [4.69, 9.17) is 0 Å². The fraction of sp³-hybridized carbons (Fsp3) is 0.500. The summed E-state index contributed by atoms with van der Waals surface area (Å²) in [6.07, 6.45) is 0.452. The Labute approximate surface area is 126 Å². The summed E-state index contributed by atoms with van der Waals surface area (Å²) < 4.78 is 0. The van der Waals surface area contributed by atoms with E-state index >= 15 is 0 Å². The summed E-state index contributed by atoms with van der Waals surface area (Å²) in [6.45, 7) is 8.03. The molecule has 0 heterocycles. The second kappa shape index (κ2) is 8.42. The second-order valence-electron chi connectivity index (χ2n) is 5.45. The predicted molar refractivity (Wildman–Crippen MR) is 85.1 cm³/mol. The molecule has 1 rings (SSSR count). The van der Waals surface area contributed by atoms with Gasteiger partial charge in [-0.2, -0.15) is 0 Å². The molecule has 5 heteroatoms. The van der Waals surface area contributed by atoms with Crippen molar-refractivity contribution in [1.82, 2.24) is 10.6 Å². The summed E-state index contributed by atoms with van der Waals surface area (Å²) in [5.41, 5.74) is 1.86. The Bertz CT molecular complexity index is 486. The number of benzene rings is 1. The van der Waals surface area contributed by atoms with Gasteiger partial charge in [0.25, 0.3) is 0 Å². The van der Waals surface area contributed by atoms with Crippen molar-refractivity contribution >= 4 is 17.5 Å². The summed E-state index contributed by atoms with van der Waals surface area (Å²) in [6, 6.07) is 7.98.